The number of hydrogen-bond acceptors (Lipinski definition) is 4. The highest BCUT2D eigenvalue weighted by molar-refractivity contribution is 6.35. The molecule has 0 fully saturated rings. The average Bonchev–Trinajstić information content (AvgIpc) is 2.55. The minimum atomic E-state index is -0.390. The van der Waals surface area contributed by atoms with Crippen molar-refractivity contribution < 1.29 is 5.11 Å². The van der Waals surface area contributed by atoms with Gasteiger partial charge in [0.05, 0.1) is 15.9 Å². The normalized spacial score (nSPS) is 11.9. The van der Waals surface area contributed by atoms with Crippen LogP contribution in [0.15, 0.2) is 41.2 Å². The molecule has 124 valence electrons. The van der Waals surface area contributed by atoms with E-state index in [0.29, 0.717) is 15.9 Å². The first kappa shape index (κ1) is 17.0. The first-order valence-corrected chi connectivity index (χ1v) is 7.96. The second-order valence-corrected chi connectivity index (χ2v) is 6.19. The zero-order valence-electron chi connectivity index (χ0n) is 13.0. The molecule has 0 saturated carbocycles. The van der Waals surface area contributed by atoms with E-state index in [4.69, 9.17) is 23.2 Å². The molecule has 7 heteroatoms. The number of aromatic nitrogens is 2. The molecule has 0 bridgehead atoms. The number of allylic oxidation sites excluding steroid dienone is 1. The van der Waals surface area contributed by atoms with Gasteiger partial charge in [0.1, 0.15) is 17.4 Å². The van der Waals surface area contributed by atoms with Crippen molar-refractivity contribution in [3.63, 3.8) is 0 Å². The number of halogens is 2. The van der Waals surface area contributed by atoms with Gasteiger partial charge < -0.3 is 10.1 Å². The van der Waals surface area contributed by atoms with Crippen LogP contribution in [0, 0.1) is 18.3 Å². The fourth-order valence-corrected chi connectivity index (χ4v) is 3.01. The summed E-state index contributed by atoms with van der Waals surface area (Å²) in [6.07, 6.45) is 0. The van der Waals surface area contributed by atoms with E-state index < -0.39 is 0 Å². The zero-order valence-corrected chi connectivity index (χ0v) is 14.5. The summed E-state index contributed by atoms with van der Waals surface area (Å²) >= 11 is 11.9. The van der Waals surface area contributed by atoms with Gasteiger partial charge in [-0.1, -0.05) is 35.3 Å². The minimum absolute atomic E-state index is 0.0332. The molecule has 1 aromatic heterocycles. The molecule has 0 amide bonds. The van der Waals surface area contributed by atoms with E-state index in [-0.39, 0.29) is 33.3 Å². The van der Waals surface area contributed by atoms with Crippen LogP contribution in [-0.2, 0) is 0 Å². The number of nitrogens with zero attached hydrogens (tertiary/aromatic N) is 2. The Kier molecular flexibility index (Phi) is 4.49. The molecular formula is C18H11Cl2N3O2. The van der Waals surface area contributed by atoms with E-state index in [0.717, 1.165) is 5.56 Å². The van der Waals surface area contributed by atoms with Crippen molar-refractivity contribution in [2.45, 2.75) is 6.92 Å². The van der Waals surface area contributed by atoms with E-state index >= 15 is 0 Å². The van der Waals surface area contributed by atoms with Crippen LogP contribution in [0.1, 0.15) is 17.0 Å². The maximum Gasteiger partial charge on any atom is 0.259 e. The summed E-state index contributed by atoms with van der Waals surface area (Å²) < 4.78 is 0. The van der Waals surface area contributed by atoms with Crippen LogP contribution < -0.4 is 5.56 Å². The number of aliphatic hydroxyl groups excluding tert-OH is 1. The maximum absolute atomic E-state index is 12.4. The van der Waals surface area contributed by atoms with E-state index in [1.54, 1.807) is 25.1 Å². The van der Waals surface area contributed by atoms with Crippen molar-refractivity contribution in [3.05, 3.63) is 73.7 Å². The molecule has 0 atom stereocenters. The first-order valence-electron chi connectivity index (χ1n) is 7.21. The summed E-state index contributed by atoms with van der Waals surface area (Å²) in [5, 5.41) is 21.0. The largest absolute Gasteiger partial charge is 0.506 e. The maximum atomic E-state index is 12.4. The number of fused-ring (bicyclic) bond motifs is 1. The Hall–Kier alpha value is -2.81. The Morgan fingerprint density at radius 2 is 2.04 bits per heavy atom. The molecule has 0 spiro atoms. The number of H-pyrrole nitrogens is 1. The lowest BCUT2D eigenvalue weighted by Gasteiger charge is -2.08. The lowest BCUT2D eigenvalue weighted by atomic mass is 10.1. The van der Waals surface area contributed by atoms with Gasteiger partial charge in [0.25, 0.3) is 5.56 Å². The third kappa shape index (κ3) is 3.10. The van der Waals surface area contributed by atoms with Crippen LogP contribution in [0.2, 0.25) is 10.0 Å². The number of aromatic amines is 1. The zero-order chi connectivity index (χ0) is 18.1. The van der Waals surface area contributed by atoms with Crippen LogP contribution in [0.4, 0.5) is 0 Å². The van der Waals surface area contributed by atoms with Crippen molar-refractivity contribution in [2.75, 3.05) is 0 Å². The van der Waals surface area contributed by atoms with Crippen LogP contribution >= 0.6 is 23.2 Å². The number of hydrogen-bond donors (Lipinski definition) is 2. The molecule has 2 aromatic carbocycles. The fraction of sp³-hybridized carbons (Fsp3) is 0.0556. The predicted molar refractivity (Wildman–Crippen MR) is 98.6 cm³/mol. The summed E-state index contributed by atoms with van der Waals surface area (Å²) in [4.78, 5) is 19.2. The summed E-state index contributed by atoms with van der Waals surface area (Å²) in [7, 11) is 0. The Morgan fingerprint density at radius 1 is 1.28 bits per heavy atom. The third-order valence-electron chi connectivity index (χ3n) is 3.71. The monoisotopic (exact) mass is 371 g/mol. The van der Waals surface area contributed by atoms with Gasteiger partial charge in [0, 0.05) is 10.6 Å². The number of aryl methyl sites for hydroxylation is 1. The van der Waals surface area contributed by atoms with E-state index in [9.17, 15) is 15.2 Å². The van der Waals surface area contributed by atoms with Crippen LogP contribution in [0.25, 0.3) is 22.2 Å². The molecule has 3 aromatic rings. The molecular weight excluding hydrogens is 361 g/mol. The molecule has 0 saturated heterocycles. The van der Waals surface area contributed by atoms with E-state index in [1.807, 2.05) is 6.07 Å². The molecule has 0 aliphatic carbocycles. The topological polar surface area (TPSA) is 89.8 Å². The highest BCUT2D eigenvalue weighted by Gasteiger charge is 2.17. The lowest BCUT2D eigenvalue weighted by Crippen LogP contribution is -2.13. The van der Waals surface area contributed by atoms with Crippen LogP contribution in [-0.4, -0.2) is 15.1 Å². The van der Waals surface area contributed by atoms with Gasteiger partial charge in [-0.05, 0) is 36.8 Å². The molecule has 2 N–H and O–H groups in total. The number of nitrogens with one attached hydrogen (secondary N) is 1. The number of rotatable bonds is 2. The van der Waals surface area contributed by atoms with Gasteiger partial charge in [0.2, 0.25) is 0 Å². The van der Waals surface area contributed by atoms with Gasteiger partial charge in [-0.3, -0.25) is 4.79 Å². The predicted octanol–water partition coefficient (Wildman–Crippen LogP) is 4.49. The Labute approximate surface area is 152 Å². The van der Waals surface area contributed by atoms with Gasteiger partial charge >= 0.3 is 0 Å². The van der Waals surface area contributed by atoms with Crippen LogP contribution in [0.5, 0.6) is 0 Å². The quantitative estimate of drug-likeness (QED) is 0.512. The summed E-state index contributed by atoms with van der Waals surface area (Å²) in [6.45, 7) is 1.80. The second kappa shape index (κ2) is 6.60. The number of nitriles is 1. The average molecular weight is 372 g/mol. The third-order valence-corrected chi connectivity index (χ3v) is 4.26. The van der Waals surface area contributed by atoms with Gasteiger partial charge in [-0.15, -0.1) is 0 Å². The Bertz CT molecular complexity index is 1130. The smallest absolute Gasteiger partial charge is 0.259 e. The minimum Gasteiger partial charge on any atom is -0.506 e. The van der Waals surface area contributed by atoms with Gasteiger partial charge in [-0.25, -0.2) is 4.98 Å². The summed E-state index contributed by atoms with van der Waals surface area (Å²) in [6, 6.07) is 11.6. The molecule has 1 heterocycles. The van der Waals surface area contributed by atoms with E-state index in [1.165, 1.54) is 18.2 Å². The van der Waals surface area contributed by atoms with Crippen molar-refractivity contribution in [3.8, 4) is 6.07 Å². The standard InChI is InChI=1S/C18H11Cl2N3O2/c1-9-3-2-4-14-15(9)18(25)23-17(22-14)12(8-21)16(24)11-6-5-10(19)7-13(11)20/h2-7,24H,1H3,(H,22,23,25). The van der Waals surface area contributed by atoms with Crippen molar-refractivity contribution >= 4 is 45.4 Å². The van der Waals surface area contributed by atoms with E-state index in [2.05, 4.69) is 9.97 Å². The van der Waals surface area contributed by atoms with Crippen molar-refractivity contribution in [1.29, 1.82) is 5.26 Å². The SMILES string of the molecule is Cc1cccc2nc(C(C#N)=C(O)c3ccc(Cl)cc3Cl)[nH]c(=O)c12. The Balaban J connectivity index is 2.27. The Morgan fingerprint density at radius 3 is 2.72 bits per heavy atom. The summed E-state index contributed by atoms with van der Waals surface area (Å²) in [5.41, 5.74) is 0.840. The number of aliphatic hydroxyl groups is 1. The van der Waals surface area contributed by atoms with Crippen LogP contribution in [0.3, 0.4) is 0 Å². The van der Waals surface area contributed by atoms with Gasteiger partial charge in [-0.2, -0.15) is 5.26 Å². The van der Waals surface area contributed by atoms with Gasteiger partial charge in [0.15, 0.2) is 5.82 Å². The summed E-state index contributed by atoms with van der Waals surface area (Å²) in [5.74, 6) is -0.423. The number of benzene rings is 2. The molecule has 0 radical (unpaired) electrons. The molecule has 0 aliphatic heterocycles. The molecule has 25 heavy (non-hydrogen) atoms. The lowest BCUT2D eigenvalue weighted by molar-refractivity contribution is 0.514. The highest BCUT2D eigenvalue weighted by Crippen LogP contribution is 2.29. The second-order valence-electron chi connectivity index (χ2n) is 5.34. The first-order chi connectivity index (χ1) is 11.9. The van der Waals surface area contributed by atoms with Crippen molar-refractivity contribution in [2.24, 2.45) is 0 Å². The molecule has 0 unspecified atom stereocenters. The van der Waals surface area contributed by atoms with Crippen molar-refractivity contribution in [1.82, 2.24) is 9.97 Å². The molecule has 0 aliphatic rings. The fourth-order valence-electron chi connectivity index (χ4n) is 2.51. The molecule has 5 nitrogen and oxygen atoms in total. The highest BCUT2D eigenvalue weighted by atomic mass is 35.5. The molecule has 3 rings (SSSR count).